The first-order chi connectivity index (χ1) is 14.3. The molecule has 1 aromatic carbocycles. The summed E-state index contributed by atoms with van der Waals surface area (Å²) in [6.07, 6.45) is 9.89. The molecule has 0 radical (unpaired) electrons. The minimum atomic E-state index is -0.104. The zero-order valence-corrected chi connectivity index (χ0v) is 16.5. The number of benzene rings is 1. The summed E-state index contributed by atoms with van der Waals surface area (Å²) in [6, 6.07) is 5.99. The number of amides is 2. The van der Waals surface area contributed by atoms with Gasteiger partial charge in [-0.05, 0) is 30.5 Å². The Kier molecular flexibility index (Phi) is 5.33. The standard InChI is InChI=1S/C22H28N2O5/c25-22(23-16-4-2-1-3-5-16)24-17-12-27-20-15(11-26-21(17)20)8-6-14-7-9-18-19(10-14)29-13-28-18/h6-10,15-17,20-21H,1-5,11-13H2,(H2,23,24,25)/b8-6-/t15-,17-,20+,21+/m0/s1. The first kappa shape index (κ1) is 18.8. The third-order valence-electron chi connectivity index (χ3n) is 6.28. The van der Waals surface area contributed by atoms with Crippen molar-refractivity contribution in [2.75, 3.05) is 20.0 Å². The molecule has 7 heteroatoms. The van der Waals surface area contributed by atoms with E-state index in [2.05, 4.69) is 22.8 Å². The van der Waals surface area contributed by atoms with Crippen molar-refractivity contribution in [3.05, 3.63) is 29.8 Å². The molecule has 7 nitrogen and oxygen atoms in total. The van der Waals surface area contributed by atoms with Crippen LogP contribution in [0, 0.1) is 5.92 Å². The molecule has 2 saturated heterocycles. The van der Waals surface area contributed by atoms with E-state index in [4.69, 9.17) is 18.9 Å². The fraction of sp³-hybridized carbons (Fsp3) is 0.591. The van der Waals surface area contributed by atoms with Crippen LogP contribution in [0.25, 0.3) is 6.08 Å². The zero-order chi connectivity index (χ0) is 19.6. The van der Waals surface area contributed by atoms with Crippen molar-refractivity contribution in [1.82, 2.24) is 10.6 Å². The lowest BCUT2D eigenvalue weighted by Crippen LogP contribution is -2.50. The van der Waals surface area contributed by atoms with Gasteiger partial charge in [0.1, 0.15) is 6.10 Å². The molecule has 2 amide bonds. The summed E-state index contributed by atoms with van der Waals surface area (Å²) in [4.78, 5) is 12.4. The van der Waals surface area contributed by atoms with E-state index in [1.165, 1.54) is 19.3 Å². The number of carbonyl (C=O) groups excluding carboxylic acids is 1. The molecule has 2 N–H and O–H groups in total. The normalized spacial score (nSPS) is 31.2. The molecule has 0 unspecified atom stereocenters. The highest BCUT2D eigenvalue weighted by Crippen LogP contribution is 2.35. The van der Waals surface area contributed by atoms with Crippen LogP contribution in [0.2, 0.25) is 0 Å². The van der Waals surface area contributed by atoms with Gasteiger partial charge in [0.2, 0.25) is 6.79 Å². The van der Waals surface area contributed by atoms with Gasteiger partial charge in [0.15, 0.2) is 11.5 Å². The Morgan fingerprint density at radius 1 is 0.966 bits per heavy atom. The summed E-state index contributed by atoms with van der Waals surface area (Å²) >= 11 is 0. The van der Waals surface area contributed by atoms with Gasteiger partial charge in [-0.1, -0.05) is 37.5 Å². The van der Waals surface area contributed by atoms with Crippen LogP contribution in [0.15, 0.2) is 24.3 Å². The van der Waals surface area contributed by atoms with E-state index in [1.807, 2.05) is 18.2 Å². The molecule has 0 spiro atoms. The van der Waals surface area contributed by atoms with E-state index in [0.717, 1.165) is 29.9 Å². The van der Waals surface area contributed by atoms with E-state index in [-0.39, 0.29) is 37.0 Å². The van der Waals surface area contributed by atoms with Gasteiger partial charge < -0.3 is 29.6 Å². The van der Waals surface area contributed by atoms with Gasteiger partial charge in [-0.25, -0.2) is 4.79 Å². The second-order valence-corrected chi connectivity index (χ2v) is 8.29. The van der Waals surface area contributed by atoms with Crippen LogP contribution in [0.5, 0.6) is 11.5 Å². The highest BCUT2D eigenvalue weighted by molar-refractivity contribution is 5.74. The largest absolute Gasteiger partial charge is 0.454 e. The first-order valence-electron chi connectivity index (χ1n) is 10.6. The highest BCUT2D eigenvalue weighted by Gasteiger charge is 2.47. The lowest BCUT2D eigenvalue weighted by molar-refractivity contribution is 0.0661. The summed E-state index contributed by atoms with van der Waals surface area (Å²) in [7, 11) is 0. The third kappa shape index (κ3) is 4.07. The maximum Gasteiger partial charge on any atom is 0.315 e. The van der Waals surface area contributed by atoms with Gasteiger partial charge in [0.05, 0.1) is 25.4 Å². The molecule has 29 heavy (non-hydrogen) atoms. The number of carbonyl (C=O) groups is 1. The number of rotatable bonds is 4. The molecule has 1 aromatic rings. The Morgan fingerprint density at radius 2 is 1.79 bits per heavy atom. The number of urea groups is 1. The Labute approximate surface area is 170 Å². The predicted octanol–water partition coefficient (Wildman–Crippen LogP) is 2.84. The van der Waals surface area contributed by atoms with Crippen molar-refractivity contribution in [1.29, 1.82) is 0 Å². The Bertz CT molecular complexity index is 776. The van der Waals surface area contributed by atoms with Crippen LogP contribution in [0.3, 0.4) is 0 Å². The fourth-order valence-electron chi connectivity index (χ4n) is 4.71. The van der Waals surface area contributed by atoms with E-state index in [0.29, 0.717) is 19.3 Å². The topological polar surface area (TPSA) is 78.1 Å². The maximum absolute atomic E-state index is 12.4. The maximum atomic E-state index is 12.4. The van der Waals surface area contributed by atoms with Crippen LogP contribution in [-0.4, -0.2) is 50.3 Å². The molecule has 4 aliphatic rings. The molecule has 3 aliphatic heterocycles. The number of fused-ring (bicyclic) bond motifs is 2. The quantitative estimate of drug-likeness (QED) is 0.813. The van der Waals surface area contributed by atoms with Crippen molar-refractivity contribution in [3.8, 4) is 11.5 Å². The molecule has 156 valence electrons. The molecule has 1 aliphatic carbocycles. The lowest BCUT2D eigenvalue weighted by Gasteiger charge is -2.24. The van der Waals surface area contributed by atoms with Crippen molar-refractivity contribution in [3.63, 3.8) is 0 Å². The SMILES string of the molecule is O=C(NC1CCCCC1)N[C@H]1CO[C@H]2[C@@H]1OC[C@@H]2/C=C\c1ccc2c(c1)OCO2. The minimum absolute atomic E-state index is 0.0276. The van der Waals surface area contributed by atoms with Gasteiger partial charge in [0.25, 0.3) is 0 Å². The Morgan fingerprint density at radius 3 is 2.69 bits per heavy atom. The molecular formula is C22H28N2O5. The van der Waals surface area contributed by atoms with E-state index >= 15 is 0 Å². The molecular weight excluding hydrogens is 372 g/mol. The van der Waals surface area contributed by atoms with Gasteiger partial charge in [-0.15, -0.1) is 0 Å². The van der Waals surface area contributed by atoms with Gasteiger partial charge >= 0.3 is 6.03 Å². The lowest BCUT2D eigenvalue weighted by atomic mass is 9.96. The summed E-state index contributed by atoms with van der Waals surface area (Å²) < 4.78 is 22.8. The van der Waals surface area contributed by atoms with Crippen molar-refractivity contribution in [2.45, 2.75) is 56.4 Å². The van der Waals surface area contributed by atoms with Gasteiger partial charge in [0, 0.05) is 12.0 Å². The Hall–Kier alpha value is -2.25. The van der Waals surface area contributed by atoms with Gasteiger partial charge in [-0.2, -0.15) is 0 Å². The molecule has 0 aromatic heterocycles. The fourth-order valence-corrected chi connectivity index (χ4v) is 4.71. The number of hydrogen-bond donors (Lipinski definition) is 2. The van der Waals surface area contributed by atoms with Crippen molar-refractivity contribution >= 4 is 12.1 Å². The van der Waals surface area contributed by atoms with E-state index in [1.54, 1.807) is 0 Å². The first-order valence-corrected chi connectivity index (χ1v) is 10.6. The smallest absolute Gasteiger partial charge is 0.315 e. The van der Waals surface area contributed by atoms with Crippen LogP contribution < -0.4 is 20.1 Å². The molecule has 3 heterocycles. The molecule has 5 rings (SSSR count). The second-order valence-electron chi connectivity index (χ2n) is 8.29. The minimum Gasteiger partial charge on any atom is -0.454 e. The summed E-state index contributed by atoms with van der Waals surface area (Å²) in [5.74, 6) is 1.72. The summed E-state index contributed by atoms with van der Waals surface area (Å²) in [6.45, 7) is 1.36. The number of hydrogen-bond acceptors (Lipinski definition) is 5. The summed E-state index contributed by atoms with van der Waals surface area (Å²) in [5, 5.41) is 6.17. The van der Waals surface area contributed by atoms with Gasteiger partial charge in [-0.3, -0.25) is 0 Å². The second kappa shape index (κ2) is 8.24. The average Bonchev–Trinajstić information content (AvgIpc) is 3.44. The predicted molar refractivity (Wildman–Crippen MR) is 107 cm³/mol. The van der Waals surface area contributed by atoms with E-state index in [9.17, 15) is 4.79 Å². The van der Waals surface area contributed by atoms with Crippen molar-refractivity contribution < 1.29 is 23.7 Å². The molecule has 0 bridgehead atoms. The van der Waals surface area contributed by atoms with Crippen LogP contribution in [0.4, 0.5) is 4.79 Å². The Balaban J connectivity index is 1.15. The number of ether oxygens (including phenoxy) is 4. The monoisotopic (exact) mass is 400 g/mol. The average molecular weight is 400 g/mol. The molecule has 3 fully saturated rings. The van der Waals surface area contributed by atoms with Crippen molar-refractivity contribution in [2.24, 2.45) is 5.92 Å². The van der Waals surface area contributed by atoms with Crippen LogP contribution in [0.1, 0.15) is 37.7 Å². The molecule has 4 atom stereocenters. The van der Waals surface area contributed by atoms with E-state index < -0.39 is 0 Å². The third-order valence-corrected chi connectivity index (χ3v) is 6.28. The number of nitrogens with one attached hydrogen (secondary N) is 2. The highest BCUT2D eigenvalue weighted by atomic mass is 16.7. The molecule has 1 saturated carbocycles. The zero-order valence-electron chi connectivity index (χ0n) is 16.5. The van der Waals surface area contributed by atoms with Crippen LogP contribution in [-0.2, 0) is 9.47 Å². The van der Waals surface area contributed by atoms with Crippen LogP contribution >= 0.6 is 0 Å². The summed E-state index contributed by atoms with van der Waals surface area (Å²) in [5.41, 5.74) is 1.05.